The summed E-state index contributed by atoms with van der Waals surface area (Å²) < 4.78 is 5.49. The Labute approximate surface area is 116 Å². The predicted molar refractivity (Wildman–Crippen MR) is 75.3 cm³/mol. The van der Waals surface area contributed by atoms with E-state index in [1.165, 1.54) is 11.8 Å². The molecular formula is C13H16N4OS. The van der Waals surface area contributed by atoms with E-state index in [2.05, 4.69) is 15.0 Å². The zero-order valence-electron chi connectivity index (χ0n) is 11.0. The van der Waals surface area contributed by atoms with Gasteiger partial charge in [0.2, 0.25) is 5.88 Å². The Kier molecular flexibility index (Phi) is 4.57. The lowest BCUT2D eigenvalue weighted by molar-refractivity contribution is 0.305. The van der Waals surface area contributed by atoms with Crippen molar-refractivity contribution >= 4 is 17.4 Å². The monoisotopic (exact) mass is 276 g/mol. The smallest absolute Gasteiger partial charge is 0.238 e. The third kappa shape index (κ3) is 3.82. The molecule has 0 atom stereocenters. The van der Waals surface area contributed by atoms with E-state index in [-0.39, 0.29) is 0 Å². The van der Waals surface area contributed by atoms with E-state index in [0.717, 1.165) is 17.0 Å². The fraction of sp³-hybridized carbons (Fsp3) is 0.308. The predicted octanol–water partition coefficient (Wildman–Crippen LogP) is 2.70. The summed E-state index contributed by atoms with van der Waals surface area (Å²) in [4.78, 5) is 12.8. The van der Waals surface area contributed by atoms with E-state index < -0.39 is 0 Å². The lowest BCUT2D eigenvalue weighted by Crippen LogP contribution is -2.01. The number of hydrogen-bond donors (Lipinski definition) is 1. The summed E-state index contributed by atoms with van der Waals surface area (Å²) in [5, 5.41) is 1.42. The van der Waals surface area contributed by atoms with Crippen LogP contribution in [0.2, 0.25) is 0 Å². The van der Waals surface area contributed by atoms with Gasteiger partial charge in [0.05, 0.1) is 12.3 Å². The molecule has 19 heavy (non-hydrogen) atoms. The number of nitrogens with zero attached hydrogens (tertiary/aromatic N) is 3. The minimum absolute atomic E-state index is 0.471. The van der Waals surface area contributed by atoms with Crippen LogP contribution >= 0.6 is 11.8 Å². The van der Waals surface area contributed by atoms with Gasteiger partial charge in [0, 0.05) is 12.4 Å². The number of anilines is 1. The third-order valence-electron chi connectivity index (χ3n) is 2.26. The first-order valence-electron chi connectivity index (χ1n) is 6.05. The molecule has 0 aliphatic rings. The zero-order valence-corrected chi connectivity index (χ0v) is 11.8. The molecule has 2 aromatic rings. The van der Waals surface area contributed by atoms with Gasteiger partial charge >= 0.3 is 0 Å². The van der Waals surface area contributed by atoms with Crippen molar-refractivity contribution in [2.45, 2.75) is 30.5 Å². The molecule has 0 radical (unpaired) electrons. The molecule has 100 valence electrons. The van der Waals surface area contributed by atoms with Crippen molar-refractivity contribution in [2.24, 2.45) is 0 Å². The summed E-state index contributed by atoms with van der Waals surface area (Å²) in [5.74, 6) is 0.471. The maximum absolute atomic E-state index is 5.82. The largest absolute Gasteiger partial charge is 0.476 e. The third-order valence-corrected chi connectivity index (χ3v) is 3.09. The molecule has 2 rings (SSSR count). The summed E-state index contributed by atoms with van der Waals surface area (Å²) in [6.07, 6.45) is 4.47. The highest BCUT2D eigenvalue weighted by Gasteiger charge is 2.07. The van der Waals surface area contributed by atoms with Gasteiger partial charge in [-0.05, 0) is 42.8 Å². The molecule has 5 nitrogen and oxygen atoms in total. The van der Waals surface area contributed by atoms with Crippen LogP contribution in [0.5, 0.6) is 5.88 Å². The molecule has 0 aliphatic carbocycles. The molecule has 0 bridgehead atoms. The Balaban J connectivity index is 2.14. The normalized spacial score (nSPS) is 10.4. The van der Waals surface area contributed by atoms with Crippen molar-refractivity contribution in [3.05, 3.63) is 30.1 Å². The van der Waals surface area contributed by atoms with Gasteiger partial charge in [0.25, 0.3) is 0 Å². The first-order chi connectivity index (χ1) is 9.19. The van der Waals surface area contributed by atoms with Crippen molar-refractivity contribution in [3.63, 3.8) is 0 Å². The summed E-state index contributed by atoms with van der Waals surface area (Å²) in [5.41, 5.74) is 7.39. The first kappa shape index (κ1) is 13.6. The number of hydrogen-bond acceptors (Lipinski definition) is 6. The second kappa shape index (κ2) is 6.38. The maximum Gasteiger partial charge on any atom is 0.238 e. The minimum atomic E-state index is 0.471. The van der Waals surface area contributed by atoms with Crippen LogP contribution in [-0.2, 0) is 0 Å². The van der Waals surface area contributed by atoms with Gasteiger partial charge in [0.1, 0.15) is 5.03 Å². The summed E-state index contributed by atoms with van der Waals surface area (Å²) in [6, 6.07) is 3.62. The number of nitrogen functional groups attached to an aromatic ring is 1. The van der Waals surface area contributed by atoms with Gasteiger partial charge in [0.15, 0.2) is 5.16 Å². The Morgan fingerprint density at radius 1 is 1.26 bits per heavy atom. The lowest BCUT2D eigenvalue weighted by atomic mass is 10.4. The van der Waals surface area contributed by atoms with Gasteiger partial charge in [-0.1, -0.05) is 6.92 Å². The molecule has 0 fully saturated rings. The Bertz CT molecular complexity index is 545. The standard InChI is InChI=1S/C13H16N4OS/c1-3-6-18-12-10(14)4-5-11(17-12)19-13-15-7-9(2)8-16-13/h4-5,7-8H,3,6,14H2,1-2H3. The van der Waals surface area contributed by atoms with Crippen molar-refractivity contribution in [1.29, 1.82) is 0 Å². The summed E-state index contributed by atoms with van der Waals surface area (Å²) in [7, 11) is 0. The number of aryl methyl sites for hydroxylation is 1. The average molecular weight is 276 g/mol. The minimum Gasteiger partial charge on any atom is -0.476 e. The Morgan fingerprint density at radius 2 is 2.00 bits per heavy atom. The van der Waals surface area contributed by atoms with E-state index in [9.17, 15) is 0 Å². The molecule has 0 saturated heterocycles. The van der Waals surface area contributed by atoms with Gasteiger partial charge in [-0.2, -0.15) is 0 Å². The fourth-order valence-electron chi connectivity index (χ4n) is 1.33. The molecule has 2 heterocycles. The van der Waals surface area contributed by atoms with Crippen molar-refractivity contribution in [2.75, 3.05) is 12.3 Å². The topological polar surface area (TPSA) is 73.9 Å². The zero-order chi connectivity index (χ0) is 13.7. The van der Waals surface area contributed by atoms with Crippen LogP contribution in [0, 0.1) is 6.92 Å². The molecule has 2 N–H and O–H groups in total. The second-order valence-electron chi connectivity index (χ2n) is 4.04. The van der Waals surface area contributed by atoms with Crippen molar-refractivity contribution in [3.8, 4) is 5.88 Å². The molecule has 0 aliphatic heterocycles. The van der Waals surface area contributed by atoms with E-state index in [1.807, 2.05) is 19.9 Å². The first-order valence-corrected chi connectivity index (χ1v) is 6.86. The van der Waals surface area contributed by atoms with Gasteiger partial charge < -0.3 is 10.5 Å². The molecule has 0 spiro atoms. The van der Waals surface area contributed by atoms with Gasteiger partial charge in [-0.25, -0.2) is 15.0 Å². The number of pyridine rings is 1. The van der Waals surface area contributed by atoms with Crippen LogP contribution in [0.4, 0.5) is 5.69 Å². The van der Waals surface area contributed by atoms with Crippen molar-refractivity contribution < 1.29 is 4.74 Å². The summed E-state index contributed by atoms with van der Waals surface area (Å²) in [6.45, 7) is 4.59. The number of rotatable bonds is 5. The van der Waals surface area contributed by atoms with Gasteiger partial charge in [-0.3, -0.25) is 0 Å². The molecular weight excluding hydrogens is 260 g/mol. The highest BCUT2D eigenvalue weighted by atomic mass is 32.2. The van der Waals surface area contributed by atoms with Crippen LogP contribution in [0.3, 0.4) is 0 Å². The average Bonchev–Trinajstić information content (AvgIpc) is 2.42. The lowest BCUT2D eigenvalue weighted by Gasteiger charge is -2.08. The second-order valence-corrected chi connectivity index (χ2v) is 5.02. The number of nitrogens with two attached hydrogens (primary N) is 1. The summed E-state index contributed by atoms with van der Waals surface area (Å²) >= 11 is 1.38. The molecule has 0 unspecified atom stereocenters. The van der Waals surface area contributed by atoms with Crippen molar-refractivity contribution in [1.82, 2.24) is 15.0 Å². The van der Waals surface area contributed by atoms with E-state index in [1.54, 1.807) is 18.5 Å². The molecule has 6 heteroatoms. The van der Waals surface area contributed by atoms with Crippen LogP contribution in [0.25, 0.3) is 0 Å². The van der Waals surface area contributed by atoms with Crippen LogP contribution in [-0.4, -0.2) is 21.6 Å². The quantitative estimate of drug-likeness (QED) is 0.846. The highest BCUT2D eigenvalue weighted by Crippen LogP contribution is 2.27. The van der Waals surface area contributed by atoms with Gasteiger partial charge in [-0.15, -0.1) is 0 Å². The van der Waals surface area contributed by atoms with E-state index >= 15 is 0 Å². The highest BCUT2D eigenvalue weighted by molar-refractivity contribution is 7.99. The Hall–Kier alpha value is -1.82. The molecule has 2 aromatic heterocycles. The molecule has 0 aromatic carbocycles. The van der Waals surface area contributed by atoms with E-state index in [4.69, 9.17) is 10.5 Å². The van der Waals surface area contributed by atoms with Crippen LogP contribution in [0.1, 0.15) is 18.9 Å². The maximum atomic E-state index is 5.82. The molecule has 0 saturated carbocycles. The van der Waals surface area contributed by atoms with E-state index in [0.29, 0.717) is 23.3 Å². The van der Waals surface area contributed by atoms with Crippen LogP contribution < -0.4 is 10.5 Å². The fourth-order valence-corrected chi connectivity index (χ4v) is 1.99. The molecule has 0 amide bonds. The Morgan fingerprint density at radius 3 is 2.68 bits per heavy atom. The number of ether oxygens (including phenoxy) is 1. The number of aromatic nitrogens is 3. The SMILES string of the molecule is CCCOc1nc(Sc2ncc(C)cn2)ccc1N. The van der Waals surface area contributed by atoms with Crippen LogP contribution in [0.15, 0.2) is 34.7 Å².